The van der Waals surface area contributed by atoms with Crippen LogP contribution in [0.5, 0.6) is 11.5 Å². The smallest absolute Gasteiger partial charge is 0.161 e. The van der Waals surface area contributed by atoms with E-state index in [1.807, 2.05) is 24.3 Å². The van der Waals surface area contributed by atoms with Crippen molar-refractivity contribution < 1.29 is 14.3 Å². The van der Waals surface area contributed by atoms with Gasteiger partial charge in [-0.2, -0.15) is 0 Å². The van der Waals surface area contributed by atoms with Crippen LogP contribution in [-0.2, 0) is 13.2 Å². The van der Waals surface area contributed by atoms with Crippen molar-refractivity contribution in [2.45, 2.75) is 13.2 Å². The molecule has 102 valence electrons. The quantitative estimate of drug-likeness (QED) is 0.763. The van der Waals surface area contributed by atoms with Crippen molar-refractivity contribution >= 4 is 11.0 Å². The van der Waals surface area contributed by atoms with Gasteiger partial charge in [0.1, 0.15) is 18.0 Å². The van der Waals surface area contributed by atoms with Crippen LogP contribution in [-0.4, -0.2) is 5.11 Å². The van der Waals surface area contributed by atoms with E-state index in [9.17, 15) is 5.11 Å². The van der Waals surface area contributed by atoms with Crippen LogP contribution >= 0.6 is 0 Å². The van der Waals surface area contributed by atoms with Gasteiger partial charge in [0, 0.05) is 11.9 Å². The fourth-order valence-corrected chi connectivity index (χ4v) is 2.06. The summed E-state index contributed by atoms with van der Waals surface area (Å²) in [7, 11) is 0. The van der Waals surface area contributed by atoms with Crippen molar-refractivity contribution in [1.82, 2.24) is 0 Å². The second-order valence-corrected chi connectivity index (χ2v) is 4.55. The predicted octanol–water partition coefficient (Wildman–Crippen LogP) is 3.18. The van der Waals surface area contributed by atoms with Crippen LogP contribution in [0.3, 0.4) is 0 Å². The molecule has 0 radical (unpaired) electrons. The zero-order valence-corrected chi connectivity index (χ0v) is 10.9. The van der Waals surface area contributed by atoms with Gasteiger partial charge in [-0.3, -0.25) is 0 Å². The number of hydrogen-bond donors (Lipinski definition) is 2. The monoisotopic (exact) mass is 269 g/mol. The maximum atomic E-state index is 9.63. The molecule has 2 aromatic carbocycles. The van der Waals surface area contributed by atoms with Crippen molar-refractivity contribution in [3.05, 3.63) is 59.9 Å². The Bertz CT molecular complexity index is 733. The van der Waals surface area contributed by atoms with Gasteiger partial charge in [-0.05, 0) is 29.8 Å². The van der Waals surface area contributed by atoms with Gasteiger partial charge in [0.15, 0.2) is 11.5 Å². The SMILES string of the molecule is NCc1ccc2cc(COc3ccccc3O)oc2c1. The summed E-state index contributed by atoms with van der Waals surface area (Å²) >= 11 is 0. The van der Waals surface area contributed by atoms with Crippen LogP contribution in [0.2, 0.25) is 0 Å². The van der Waals surface area contributed by atoms with Gasteiger partial charge in [-0.25, -0.2) is 0 Å². The minimum Gasteiger partial charge on any atom is -0.504 e. The molecule has 4 nitrogen and oxygen atoms in total. The highest BCUT2D eigenvalue weighted by molar-refractivity contribution is 5.78. The number of aromatic hydroxyl groups is 1. The molecular formula is C16H15NO3. The molecule has 0 atom stereocenters. The van der Waals surface area contributed by atoms with Gasteiger partial charge in [0.05, 0.1) is 0 Å². The molecule has 0 aliphatic heterocycles. The van der Waals surface area contributed by atoms with E-state index in [4.69, 9.17) is 14.9 Å². The molecule has 1 heterocycles. The summed E-state index contributed by atoms with van der Waals surface area (Å²) in [6, 6.07) is 14.7. The summed E-state index contributed by atoms with van der Waals surface area (Å²) in [5, 5.41) is 10.6. The Morgan fingerprint density at radius 1 is 1.10 bits per heavy atom. The summed E-state index contributed by atoms with van der Waals surface area (Å²) in [5.74, 6) is 1.27. The first kappa shape index (κ1) is 12.6. The standard InChI is InChI=1S/C16H15NO3/c17-9-11-5-6-12-8-13(20-16(12)7-11)10-19-15-4-2-1-3-14(15)18/h1-8,18H,9-10,17H2. The van der Waals surface area contributed by atoms with Gasteiger partial charge in [0.25, 0.3) is 0 Å². The van der Waals surface area contributed by atoms with E-state index < -0.39 is 0 Å². The number of nitrogens with two attached hydrogens (primary N) is 1. The lowest BCUT2D eigenvalue weighted by Gasteiger charge is -2.05. The van der Waals surface area contributed by atoms with E-state index in [-0.39, 0.29) is 12.4 Å². The Kier molecular flexibility index (Phi) is 3.31. The van der Waals surface area contributed by atoms with Crippen LogP contribution in [0.4, 0.5) is 0 Å². The molecule has 3 rings (SSSR count). The van der Waals surface area contributed by atoms with Crippen molar-refractivity contribution in [3.8, 4) is 11.5 Å². The highest BCUT2D eigenvalue weighted by Gasteiger charge is 2.07. The molecule has 0 aliphatic rings. The van der Waals surface area contributed by atoms with E-state index >= 15 is 0 Å². The van der Waals surface area contributed by atoms with E-state index in [1.54, 1.807) is 24.3 Å². The number of rotatable bonds is 4. The first-order valence-corrected chi connectivity index (χ1v) is 6.38. The molecule has 3 N–H and O–H groups in total. The van der Waals surface area contributed by atoms with Crippen molar-refractivity contribution in [1.29, 1.82) is 0 Å². The number of para-hydroxylation sites is 2. The molecule has 0 bridgehead atoms. The Morgan fingerprint density at radius 3 is 2.75 bits per heavy atom. The first-order valence-electron chi connectivity index (χ1n) is 6.38. The topological polar surface area (TPSA) is 68.6 Å². The maximum absolute atomic E-state index is 9.63. The zero-order valence-electron chi connectivity index (χ0n) is 10.9. The fraction of sp³-hybridized carbons (Fsp3) is 0.125. The number of benzene rings is 2. The number of fused-ring (bicyclic) bond motifs is 1. The second kappa shape index (κ2) is 5.27. The number of furan rings is 1. The molecule has 0 fully saturated rings. The molecule has 20 heavy (non-hydrogen) atoms. The molecule has 0 saturated carbocycles. The number of phenolic OH excluding ortho intramolecular Hbond substituents is 1. The predicted molar refractivity (Wildman–Crippen MR) is 76.5 cm³/mol. The van der Waals surface area contributed by atoms with Crippen molar-refractivity contribution in [2.75, 3.05) is 0 Å². The van der Waals surface area contributed by atoms with E-state index in [1.165, 1.54) is 0 Å². The highest BCUT2D eigenvalue weighted by Crippen LogP contribution is 2.27. The minimum atomic E-state index is 0.119. The number of ether oxygens (including phenoxy) is 1. The normalized spacial score (nSPS) is 10.8. The fourth-order valence-electron chi connectivity index (χ4n) is 2.06. The van der Waals surface area contributed by atoms with E-state index in [0.29, 0.717) is 18.1 Å². The Hall–Kier alpha value is -2.46. The van der Waals surface area contributed by atoms with Gasteiger partial charge in [0.2, 0.25) is 0 Å². The zero-order chi connectivity index (χ0) is 13.9. The molecular weight excluding hydrogens is 254 g/mol. The van der Waals surface area contributed by atoms with Crippen LogP contribution in [0.15, 0.2) is 52.9 Å². The Balaban J connectivity index is 1.79. The lowest BCUT2D eigenvalue weighted by Crippen LogP contribution is -1.94. The molecule has 0 unspecified atom stereocenters. The van der Waals surface area contributed by atoms with Crippen molar-refractivity contribution in [3.63, 3.8) is 0 Å². The van der Waals surface area contributed by atoms with Gasteiger partial charge in [-0.1, -0.05) is 24.3 Å². The summed E-state index contributed by atoms with van der Waals surface area (Å²) in [6.07, 6.45) is 0. The average Bonchev–Trinajstić information content (AvgIpc) is 2.88. The Labute approximate surface area is 116 Å². The third-order valence-corrected chi connectivity index (χ3v) is 3.11. The molecule has 0 amide bonds. The molecule has 0 aliphatic carbocycles. The van der Waals surface area contributed by atoms with E-state index in [0.717, 1.165) is 16.5 Å². The van der Waals surface area contributed by atoms with Gasteiger partial charge >= 0.3 is 0 Å². The van der Waals surface area contributed by atoms with Crippen LogP contribution in [0.25, 0.3) is 11.0 Å². The lowest BCUT2D eigenvalue weighted by atomic mass is 10.2. The largest absolute Gasteiger partial charge is 0.504 e. The number of hydrogen-bond acceptors (Lipinski definition) is 4. The summed E-state index contributed by atoms with van der Waals surface area (Å²) in [6.45, 7) is 0.755. The van der Waals surface area contributed by atoms with Gasteiger partial charge < -0.3 is 20.0 Å². The van der Waals surface area contributed by atoms with Gasteiger partial charge in [-0.15, -0.1) is 0 Å². The summed E-state index contributed by atoms with van der Waals surface area (Å²) in [5.41, 5.74) is 7.43. The second-order valence-electron chi connectivity index (χ2n) is 4.55. The summed E-state index contributed by atoms with van der Waals surface area (Å²) < 4.78 is 11.3. The molecule has 1 aromatic heterocycles. The van der Waals surface area contributed by atoms with Crippen LogP contribution in [0, 0.1) is 0 Å². The average molecular weight is 269 g/mol. The van der Waals surface area contributed by atoms with Crippen LogP contribution < -0.4 is 10.5 Å². The van der Waals surface area contributed by atoms with E-state index in [2.05, 4.69) is 0 Å². The lowest BCUT2D eigenvalue weighted by molar-refractivity contribution is 0.262. The minimum absolute atomic E-state index is 0.119. The molecule has 4 heteroatoms. The van der Waals surface area contributed by atoms with Crippen molar-refractivity contribution in [2.24, 2.45) is 5.73 Å². The third-order valence-electron chi connectivity index (χ3n) is 3.11. The van der Waals surface area contributed by atoms with Crippen LogP contribution in [0.1, 0.15) is 11.3 Å². The summed E-state index contributed by atoms with van der Waals surface area (Å²) in [4.78, 5) is 0. The third kappa shape index (κ3) is 2.46. The maximum Gasteiger partial charge on any atom is 0.161 e. The Morgan fingerprint density at radius 2 is 1.95 bits per heavy atom. The molecule has 0 saturated heterocycles. The number of phenols is 1. The molecule has 3 aromatic rings. The molecule has 0 spiro atoms. The first-order chi connectivity index (χ1) is 9.76. The highest BCUT2D eigenvalue weighted by atomic mass is 16.5.